The second-order valence-corrected chi connectivity index (χ2v) is 7.53. The molecule has 33 heavy (non-hydrogen) atoms. The van der Waals surface area contributed by atoms with Crippen molar-refractivity contribution in [1.29, 1.82) is 0 Å². The van der Waals surface area contributed by atoms with Gasteiger partial charge in [-0.05, 0) is 29.8 Å². The monoisotopic (exact) mass is 469 g/mol. The third-order valence-electron chi connectivity index (χ3n) is 4.96. The Morgan fingerprint density at radius 2 is 1.70 bits per heavy atom. The van der Waals surface area contributed by atoms with Gasteiger partial charge >= 0.3 is 5.97 Å². The molecule has 0 saturated heterocycles. The number of nitrogens with zero attached hydrogens (tertiary/aromatic N) is 1. The summed E-state index contributed by atoms with van der Waals surface area (Å²) in [5.74, 6) is -0.348. The molecule has 1 amide bonds. The molecule has 0 aliphatic carbocycles. The maximum Gasteiger partial charge on any atom is 0.339 e. The molecule has 1 N–H and O–H groups in total. The highest BCUT2D eigenvalue weighted by molar-refractivity contribution is 6.32. The van der Waals surface area contributed by atoms with E-state index >= 15 is 0 Å². The number of carboxylic acids is 1. The van der Waals surface area contributed by atoms with Gasteiger partial charge < -0.3 is 24.2 Å². The molecular weight excluding hydrogens is 446 g/mol. The van der Waals surface area contributed by atoms with Gasteiger partial charge in [0.2, 0.25) is 0 Å². The Morgan fingerprint density at radius 3 is 2.36 bits per heavy atom. The third kappa shape index (κ3) is 6.17. The van der Waals surface area contributed by atoms with Crippen LogP contribution in [0.5, 0.6) is 17.2 Å². The van der Waals surface area contributed by atoms with Crippen LogP contribution in [0, 0.1) is 0 Å². The first-order valence-corrected chi connectivity index (χ1v) is 10.5. The number of hydrogen-bond donors (Lipinski definition) is 1. The normalized spacial score (nSPS) is 10.4. The van der Waals surface area contributed by atoms with Gasteiger partial charge in [-0.15, -0.1) is 0 Å². The van der Waals surface area contributed by atoms with Gasteiger partial charge in [0.25, 0.3) is 5.91 Å². The molecule has 3 aromatic rings. The molecule has 172 valence electrons. The fourth-order valence-corrected chi connectivity index (χ4v) is 3.50. The molecule has 0 spiro atoms. The van der Waals surface area contributed by atoms with Crippen molar-refractivity contribution >= 4 is 23.5 Å². The van der Waals surface area contributed by atoms with E-state index in [1.807, 2.05) is 36.4 Å². The van der Waals surface area contributed by atoms with Crippen molar-refractivity contribution in [3.05, 3.63) is 88.4 Å². The van der Waals surface area contributed by atoms with Crippen molar-refractivity contribution in [3.8, 4) is 17.2 Å². The Kier molecular flexibility index (Phi) is 8.16. The second-order valence-electron chi connectivity index (χ2n) is 7.12. The fraction of sp³-hybridized carbons (Fsp3) is 0.200. The molecule has 3 rings (SSSR count). The van der Waals surface area contributed by atoms with Gasteiger partial charge in [-0.3, -0.25) is 4.79 Å². The maximum atomic E-state index is 13.2. The van der Waals surface area contributed by atoms with E-state index in [4.69, 9.17) is 25.8 Å². The standard InChI is InChI=1S/C25H24ClNO6/c1-31-19-12-11-18(22(13-19)32-2)15-27(14-17-7-4-3-5-8-17)23(28)16-33-24-20(25(29)30)9-6-10-21(24)26/h3-13H,14-16H2,1-2H3,(H,29,30). The van der Waals surface area contributed by atoms with Crippen molar-refractivity contribution < 1.29 is 28.9 Å². The lowest BCUT2D eigenvalue weighted by atomic mass is 10.1. The fourth-order valence-electron chi connectivity index (χ4n) is 3.27. The largest absolute Gasteiger partial charge is 0.497 e. The first kappa shape index (κ1) is 23.9. The van der Waals surface area contributed by atoms with E-state index in [9.17, 15) is 14.7 Å². The molecule has 8 heteroatoms. The van der Waals surface area contributed by atoms with Crippen LogP contribution in [0.1, 0.15) is 21.5 Å². The molecule has 7 nitrogen and oxygen atoms in total. The van der Waals surface area contributed by atoms with Gasteiger partial charge in [-0.1, -0.05) is 48.0 Å². The van der Waals surface area contributed by atoms with E-state index < -0.39 is 5.97 Å². The average Bonchev–Trinajstić information content (AvgIpc) is 2.83. The zero-order valence-corrected chi connectivity index (χ0v) is 19.0. The summed E-state index contributed by atoms with van der Waals surface area (Å²) in [6, 6.07) is 19.3. The Balaban J connectivity index is 1.84. The van der Waals surface area contributed by atoms with E-state index in [-0.39, 0.29) is 35.4 Å². The van der Waals surface area contributed by atoms with Crippen molar-refractivity contribution in [3.63, 3.8) is 0 Å². The summed E-state index contributed by atoms with van der Waals surface area (Å²) in [5.41, 5.74) is 1.61. The maximum absolute atomic E-state index is 13.2. The van der Waals surface area contributed by atoms with Gasteiger partial charge in [-0.25, -0.2) is 4.79 Å². The summed E-state index contributed by atoms with van der Waals surface area (Å²) in [7, 11) is 3.12. The van der Waals surface area contributed by atoms with Crippen molar-refractivity contribution in [2.24, 2.45) is 0 Å². The molecule has 0 atom stereocenters. The number of amides is 1. The molecule has 0 aliphatic heterocycles. The summed E-state index contributed by atoms with van der Waals surface area (Å²) in [4.78, 5) is 26.3. The van der Waals surface area contributed by atoms with Crippen LogP contribution in [-0.4, -0.2) is 42.7 Å². The number of rotatable bonds is 10. The Hall–Kier alpha value is -3.71. The van der Waals surface area contributed by atoms with Crippen LogP contribution in [-0.2, 0) is 17.9 Å². The van der Waals surface area contributed by atoms with Crippen LogP contribution < -0.4 is 14.2 Å². The minimum absolute atomic E-state index is 0.0401. The molecule has 0 aromatic heterocycles. The summed E-state index contributed by atoms with van der Waals surface area (Å²) < 4.78 is 16.3. The second kappa shape index (κ2) is 11.2. The molecule has 0 radical (unpaired) electrons. The lowest BCUT2D eigenvalue weighted by molar-refractivity contribution is -0.134. The topological polar surface area (TPSA) is 85.3 Å². The summed E-state index contributed by atoms with van der Waals surface area (Å²) >= 11 is 6.12. The highest BCUT2D eigenvalue weighted by Crippen LogP contribution is 2.29. The van der Waals surface area contributed by atoms with E-state index in [2.05, 4.69) is 0 Å². The smallest absolute Gasteiger partial charge is 0.339 e. The predicted molar refractivity (Wildman–Crippen MR) is 124 cm³/mol. The van der Waals surface area contributed by atoms with E-state index in [0.717, 1.165) is 11.1 Å². The van der Waals surface area contributed by atoms with E-state index in [0.29, 0.717) is 18.0 Å². The van der Waals surface area contributed by atoms with Gasteiger partial charge in [0.1, 0.15) is 17.1 Å². The number of aromatic carboxylic acids is 1. The minimum Gasteiger partial charge on any atom is -0.497 e. The number of halogens is 1. The van der Waals surface area contributed by atoms with Gasteiger partial charge in [-0.2, -0.15) is 0 Å². The van der Waals surface area contributed by atoms with Crippen LogP contribution in [0.3, 0.4) is 0 Å². The van der Waals surface area contributed by atoms with E-state index in [1.54, 1.807) is 31.3 Å². The molecule has 0 fully saturated rings. The lowest BCUT2D eigenvalue weighted by Gasteiger charge is -2.24. The Morgan fingerprint density at radius 1 is 0.939 bits per heavy atom. The van der Waals surface area contributed by atoms with Crippen LogP contribution in [0.25, 0.3) is 0 Å². The highest BCUT2D eigenvalue weighted by atomic mass is 35.5. The zero-order valence-electron chi connectivity index (χ0n) is 18.3. The molecule has 0 heterocycles. The molecule has 0 unspecified atom stereocenters. The third-order valence-corrected chi connectivity index (χ3v) is 5.26. The van der Waals surface area contributed by atoms with Gasteiger partial charge in [0, 0.05) is 24.7 Å². The lowest BCUT2D eigenvalue weighted by Crippen LogP contribution is -2.34. The van der Waals surface area contributed by atoms with Crippen molar-refractivity contribution in [2.75, 3.05) is 20.8 Å². The number of carbonyl (C=O) groups is 2. The Labute approximate surface area is 197 Å². The number of ether oxygens (including phenoxy) is 3. The first-order chi connectivity index (χ1) is 15.9. The van der Waals surface area contributed by atoms with Crippen molar-refractivity contribution in [2.45, 2.75) is 13.1 Å². The number of carbonyl (C=O) groups excluding carboxylic acids is 1. The molecular formula is C25H24ClNO6. The van der Waals surface area contributed by atoms with Crippen LogP contribution in [0.2, 0.25) is 5.02 Å². The summed E-state index contributed by atoms with van der Waals surface area (Å²) in [5, 5.41) is 9.52. The van der Waals surface area contributed by atoms with Crippen LogP contribution >= 0.6 is 11.6 Å². The zero-order chi connectivity index (χ0) is 23.8. The number of carboxylic acid groups (broad SMARTS) is 1. The average molecular weight is 470 g/mol. The quantitative estimate of drug-likeness (QED) is 0.464. The molecule has 0 aliphatic rings. The summed E-state index contributed by atoms with van der Waals surface area (Å²) in [6.45, 7) is 0.195. The first-order valence-electron chi connectivity index (χ1n) is 10.1. The van der Waals surface area contributed by atoms with Gasteiger partial charge in [0.05, 0.1) is 19.2 Å². The Bertz CT molecular complexity index is 1120. The predicted octanol–water partition coefficient (Wildman–Crippen LogP) is 4.66. The number of methoxy groups -OCH3 is 2. The van der Waals surface area contributed by atoms with E-state index in [1.165, 1.54) is 18.2 Å². The number of para-hydroxylation sites is 1. The van der Waals surface area contributed by atoms with Crippen LogP contribution in [0.15, 0.2) is 66.7 Å². The van der Waals surface area contributed by atoms with Gasteiger partial charge in [0.15, 0.2) is 12.4 Å². The molecule has 0 bridgehead atoms. The SMILES string of the molecule is COc1ccc(CN(Cc2ccccc2)C(=O)COc2c(Cl)cccc2C(=O)O)c(OC)c1. The molecule has 3 aromatic carbocycles. The number of hydrogen-bond acceptors (Lipinski definition) is 5. The summed E-state index contributed by atoms with van der Waals surface area (Å²) in [6.07, 6.45) is 0. The highest BCUT2D eigenvalue weighted by Gasteiger charge is 2.21. The molecule has 0 saturated carbocycles. The minimum atomic E-state index is -1.19. The van der Waals surface area contributed by atoms with Crippen LogP contribution in [0.4, 0.5) is 0 Å². The van der Waals surface area contributed by atoms with Crippen molar-refractivity contribution in [1.82, 2.24) is 4.90 Å². The number of benzene rings is 3.